The van der Waals surface area contributed by atoms with E-state index in [-0.39, 0.29) is 39.4 Å². The van der Waals surface area contributed by atoms with Crippen LogP contribution in [0.2, 0.25) is 31.4 Å². The molecule has 0 heterocycles. The van der Waals surface area contributed by atoms with Crippen molar-refractivity contribution in [2.45, 2.75) is 214 Å². The number of hydrogen-bond acceptors (Lipinski definition) is 5. The molecule has 47 heavy (non-hydrogen) atoms. The van der Waals surface area contributed by atoms with E-state index >= 15 is 0 Å². The van der Waals surface area contributed by atoms with Crippen LogP contribution >= 0.6 is 0 Å². The Balaban J connectivity index is 6.85. The molecule has 9 heteroatoms. The number of hydrogen-bond donors (Lipinski definition) is 0. The summed E-state index contributed by atoms with van der Waals surface area (Å²) in [6.07, 6.45) is 10.1. The standard InChI is InChI=1S/C26H49N2O5Si.3C4H9.Sn/c1-19(2)27(20(3)4)24(29)31-17-14-15-23(33-34(12,13)26(9,10)11)16-18-32-25(30)28(21(5)6)22(7)8;3*1-3-4-2;/h17,19-23H,14-15H2,1-13H3;3*1,3-4H2,2H3;/t23-;;;;/m1..../s1. The van der Waals surface area contributed by atoms with Crippen molar-refractivity contribution in [3.63, 3.8) is 0 Å². The molecule has 0 saturated heterocycles. The van der Waals surface area contributed by atoms with Gasteiger partial charge in [-0.2, -0.15) is 0 Å². The van der Waals surface area contributed by atoms with Crippen molar-refractivity contribution in [3.8, 4) is 12.0 Å². The van der Waals surface area contributed by atoms with Crippen LogP contribution in [0.3, 0.4) is 0 Å². The first-order valence-electron chi connectivity index (χ1n) is 18.9. The van der Waals surface area contributed by atoms with Crippen molar-refractivity contribution >= 4 is 38.9 Å². The molecule has 0 aromatic heterocycles. The van der Waals surface area contributed by atoms with Gasteiger partial charge in [-0.25, -0.2) is 0 Å². The third kappa shape index (κ3) is 15.7. The van der Waals surface area contributed by atoms with Crippen LogP contribution in [0.5, 0.6) is 0 Å². The van der Waals surface area contributed by atoms with Gasteiger partial charge in [0.15, 0.2) is 0 Å². The van der Waals surface area contributed by atoms with Crippen molar-refractivity contribution in [1.82, 2.24) is 9.80 Å². The van der Waals surface area contributed by atoms with E-state index in [0.717, 1.165) is 25.7 Å². The van der Waals surface area contributed by atoms with Crippen LogP contribution in [0, 0.1) is 12.0 Å². The van der Waals surface area contributed by atoms with Gasteiger partial charge in [-0.15, -0.1) is 0 Å². The van der Waals surface area contributed by atoms with Crippen LogP contribution in [0.1, 0.15) is 148 Å². The summed E-state index contributed by atoms with van der Waals surface area (Å²) in [7, 11) is -2.22. The fourth-order valence-corrected chi connectivity index (χ4v) is 24.8. The molecule has 0 N–H and O–H groups in total. The van der Waals surface area contributed by atoms with E-state index in [2.05, 4.69) is 94.4 Å². The van der Waals surface area contributed by atoms with Gasteiger partial charge in [-0.1, -0.05) is 0 Å². The van der Waals surface area contributed by atoms with Gasteiger partial charge in [0.1, 0.15) is 0 Å². The molecular formula is C38H76N2O5SiSn. The summed E-state index contributed by atoms with van der Waals surface area (Å²) in [6.45, 7) is 34.2. The van der Waals surface area contributed by atoms with Crippen molar-refractivity contribution in [1.29, 1.82) is 0 Å². The molecule has 0 aromatic rings. The molecule has 0 unspecified atom stereocenters. The molecule has 0 saturated carbocycles. The first-order valence-corrected chi connectivity index (χ1v) is 29.5. The van der Waals surface area contributed by atoms with E-state index in [4.69, 9.17) is 13.9 Å². The van der Waals surface area contributed by atoms with Gasteiger partial charge in [-0.3, -0.25) is 0 Å². The predicted molar refractivity (Wildman–Crippen MR) is 205 cm³/mol. The average Bonchev–Trinajstić information content (AvgIpc) is 2.93. The van der Waals surface area contributed by atoms with Gasteiger partial charge in [0.25, 0.3) is 0 Å². The zero-order valence-corrected chi connectivity index (χ0v) is 37.5. The maximum absolute atomic E-state index is 14.0. The topological polar surface area (TPSA) is 68.3 Å². The second kappa shape index (κ2) is 22.0. The normalized spacial score (nSPS) is 13.9. The molecule has 0 rings (SSSR count). The molecule has 2 amide bonds. The Labute approximate surface area is 297 Å². The van der Waals surface area contributed by atoms with E-state index in [9.17, 15) is 9.59 Å². The van der Waals surface area contributed by atoms with Gasteiger partial charge in [0.2, 0.25) is 0 Å². The minimum absolute atomic E-state index is 0.00486. The Morgan fingerprint density at radius 1 is 0.702 bits per heavy atom. The average molecular weight is 788 g/mol. The minimum atomic E-state index is -3.07. The molecular weight excluding hydrogens is 711 g/mol. The number of carbonyl (C=O) groups excluding carboxylic acids is 2. The van der Waals surface area contributed by atoms with E-state index in [0.29, 0.717) is 6.42 Å². The Morgan fingerprint density at radius 2 is 1.11 bits per heavy atom. The van der Waals surface area contributed by atoms with Crippen LogP contribution in [0.4, 0.5) is 9.59 Å². The van der Waals surface area contributed by atoms with Crippen LogP contribution in [-0.2, 0) is 13.9 Å². The fraction of sp³-hybridized carbons (Fsp3) is 0.895. The Bertz CT molecular complexity index is 930. The molecule has 0 aliphatic heterocycles. The van der Waals surface area contributed by atoms with Crippen molar-refractivity contribution in [2.75, 3.05) is 0 Å². The summed E-state index contributed by atoms with van der Waals surface area (Å²) in [5, 5.41) is -0.0110. The second-order valence-electron chi connectivity index (χ2n) is 16.3. The zero-order chi connectivity index (χ0) is 36.6. The summed E-state index contributed by atoms with van der Waals surface area (Å²) >= 11 is -3.07. The number of ether oxygens (including phenoxy) is 2. The molecule has 0 aromatic carbocycles. The molecule has 0 aliphatic rings. The quantitative estimate of drug-likeness (QED) is 0.0908. The van der Waals surface area contributed by atoms with Gasteiger partial charge < -0.3 is 0 Å². The molecule has 0 spiro atoms. The molecule has 7 nitrogen and oxygen atoms in total. The van der Waals surface area contributed by atoms with Crippen LogP contribution in [0.25, 0.3) is 0 Å². The van der Waals surface area contributed by atoms with Crippen LogP contribution < -0.4 is 0 Å². The first kappa shape index (κ1) is 46.1. The van der Waals surface area contributed by atoms with E-state index < -0.39 is 38.9 Å². The zero-order valence-electron chi connectivity index (χ0n) is 33.7. The third-order valence-electron chi connectivity index (χ3n) is 9.95. The number of carbonyl (C=O) groups is 2. The monoisotopic (exact) mass is 788 g/mol. The second-order valence-corrected chi connectivity index (χ2v) is 34.9. The van der Waals surface area contributed by atoms with Crippen LogP contribution in [0.15, 0.2) is 0 Å². The van der Waals surface area contributed by atoms with Crippen LogP contribution in [-0.4, -0.2) is 83.1 Å². The van der Waals surface area contributed by atoms with Gasteiger partial charge in [0.05, 0.1) is 0 Å². The maximum atomic E-state index is 14.0. The number of amides is 2. The molecule has 2 atom stereocenters. The van der Waals surface area contributed by atoms with E-state index in [1.807, 2.05) is 32.6 Å². The number of rotatable bonds is 20. The molecule has 0 fully saturated rings. The van der Waals surface area contributed by atoms with E-state index in [1.165, 1.54) is 32.6 Å². The summed E-state index contributed by atoms with van der Waals surface area (Å²) < 4.78 is 22.9. The third-order valence-corrected chi connectivity index (χ3v) is 31.0. The Kier molecular flexibility index (Phi) is 21.6. The van der Waals surface area contributed by atoms with Crippen molar-refractivity contribution in [2.24, 2.45) is 0 Å². The summed E-state index contributed by atoms with van der Waals surface area (Å²) in [4.78, 5) is 30.5. The van der Waals surface area contributed by atoms with Crippen molar-refractivity contribution in [3.05, 3.63) is 0 Å². The number of unbranched alkanes of at least 4 members (excludes halogenated alkanes) is 3. The molecule has 0 aliphatic carbocycles. The summed E-state index contributed by atoms with van der Waals surface area (Å²) in [5.41, 5.74) is 0. The first-order chi connectivity index (χ1) is 21.7. The SMILES string of the molecule is CCC[CH2][Sn]([CH2]CCC)([CH2]CCC)[C@@H](CC[C@H](C#COC(=O)N(C(C)C)C(C)C)O[Si](C)(C)C(C)(C)C)OC(=O)N(C(C)C)C(C)C. The van der Waals surface area contributed by atoms with Gasteiger partial charge in [0, 0.05) is 0 Å². The summed E-state index contributed by atoms with van der Waals surface area (Å²) in [5.74, 6) is 3.23. The predicted octanol–water partition coefficient (Wildman–Crippen LogP) is 11.4. The molecule has 0 bridgehead atoms. The number of nitrogens with zero attached hydrogens (tertiary/aromatic N) is 2. The Morgan fingerprint density at radius 3 is 1.47 bits per heavy atom. The van der Waals surface area contributed by atoms with Gasteiger partial charge in [-0.05, 0) is 0 Å². The fourth-order valence-electron chi connectivity index (χ4n) is 6.34. The van der Waals surface area contributed by atoms with Crippen molar-refractivity contribution < 1.29 is 23.5 Å². The van der Waals surface area contributed by atoms with E-state index in [1.54, 1.807) is 4.90 Å². The van der Waals surface area contributed by atoms with Gasteiger partial charge >= 0.3 is 298 Å². The Hall–Kier alpha value is -0.924. The summed E-state index contributed by atoms with van der Waals surface area (Å²) in [6, 6.07) is 0.123. The molecule has 276 valence electrons. The molecule has 0 radical (unpaired) electrons.